The van der Waals surface area contributed by atoms with Crippen LogP contribution in [0.15, 0.2) is 54.6 Å². The van der Waals surface area contributed by atoms with Crippen molar-refractivity contribution in [1.82, 2.24) is 0 Å². The molecule has 0 aromatic heterocycles. The van der Waals surface area contributed by atoms with E-state index in [2.05, 4.69) is 18.0 Å². The molecule has 3 heteroatoms. The summed E-state index contributed by atoms with van der Waals surface area (Å²) < 4.78 is 0. The molecule has 2 rings (SSSR count). The smallest absolute Gasteiger partial charge is 0.0762 e. The van der Waals surface area contributed by atoms with Crippen molar-refractivity contribution in [1.29, 1.82) is 0 Å². The first-order chi connectivity index (χ1) is 9.08. The van der Waals surface area contributed by atoms with Gasteiger partial charge in [0.05, 0.1) is 15.7 Å². The summed E-state index contributed by atoms with van der Waals surface area (Å²) in [5.41, 5.74) is 4.02. The first-order valence-corrected chi connectivity index (χ1v) is 6.77. The van der Waals surface area contributed by atoms with Gasteiger partial charge in [0.2, 0.25) is 0 Å². The second-order valence-corrected chi connectivity index (χ2v) is 5.33. The van der Waals surface area contributed by atoms with Crippen LogP contribution in [-0.2, 0) is 6.42 Å². The van der Waals surface area contributed by atoms with E-state index in [4.69, 9.17) is 23.2 Å². The van der Waals surface area contributed by atoms with E-state index in [0.29, 0.717) is 10.0 Å². The molecule has 19 heavy (non-hydrogen) atoms. The Hall–Kier alpha value is -1.44. The van der Waals surface area contributed by atoms with Gasteiger partial charge in [0.25, 0.3) is 0 Å². The van der Waals surface area contributed by atoms with Crippen molar-refractivity contribution in [2.45, 2.75) is 13.3 Å². The lowest BCUT2D eigenvalue weighted by Crippen LogP contribution is -1.97. The molecule has 0 heterocycles. The molecular weight excluding hydrogens is 277 g/mol. The zero-order chi connectivity index (χ0) is 13.8. The van der Waals surface area contributed by atoms with E-state index in [0.717, 1.165) is 23.4 Å². The molecule has 0 unspecified atom stereocenters. The highest BCUT2D eigenvalue weighted by molar-refractivity contribution is 6.39. The number of para-hydroxylation sites is 2. The largest absolute Gasteiger partial charge is 0.353 e. The predicted octanol–water partition coefficient (Wildman–Crippen LogP) is 5.86. The molecule has 0 bridgehead atoms. The van der Waals surface area contributed by atoms with Gasteiger partial charge < -0.3 is 5.32 Å². The minimum Gasteiger partial charge on any atom is -0.353 e. The number of halogens is 2. The molecule has 0 atom stereocenters. The summed E-state index contributed by atoms with van der Waals surface area (Å²) in [6, 6.07) is 13.5. The number of nitrogens with one attached hydrogen (secondary N) is 1. The standard InChI is InChI=1S/C16H15Cl2N/c1-11(2)10-12-6-3-4-9-15(12)19-16-13(17)7-5-8-14(16)18/h3-9,19H,1,10H2,2H3. The monoisotopic (exact) mass is 291 g/mol. The van der Waals surface area contributed by atoms with Gasteiger partial charge in [-0.15, -0.1) is 0 Å². The van der Waals surface area contributed by atoms with E-state index >= 15 is 0 Å². The Morgan fingerprint density at radius 3 is 2.32 bits per heavy atom. The second kappa shape index (κ2) is 6.14. The zero-order valence-corrected chi connectivity index (χ0v) is 12.2. The van der Waals surface area contributed by atoms with Crippen LogP contribution in [0, 0.1) is 0 Å². The molecule has 0 saturated heterocycles. The highest BCUT2D eigenvalue weighted by Gasteiger charge is 2.08. The Kier molecular flexibility index (Phi) is 4.52. The Bertz CT molecular complexity index is 585. The Balaban J connectivity index is 2.36. The lowest BCUT2D eigenvalue weighted by atomic mass is 10.1. The van der Waals surface area contributed by atoms with Crippen molar-refractivity contribution >= 4 is 34.6 Å². The average molecular weight is 292 g/mol. The van der Waals surface area contributed by atoms with Gasteiger partial charge in [-0.3, -0.25) is 0 Å². The predicted molar refractivity (Wildman–Crippen MR) is 84.7 cm³/mol. The van der Waals surface area contributed by atoms with E-state index in [1.807, 2.05) is 43.3 Å². The van der Waals surface area contributed by atoms with Crippen LogP contribution in [0.25, 0.3) is 0 Å². The minimum absolute atomic E-state index is 0.609. The summed E-state index contributed by atoms with van der Waals surface area (Å²) >= 11 is 12.3. The molecule has 0 saturated carbocycles. The molecule has 1 N–H and O–H groups in total. The van der Waals surface area contributed by atoms with Gasteiger partial charge in [0.15, 0.2) is 0 Å². The van der Waals surface area contributed by atoms with Crippen LogP contribution >= 0.6 is 23.2 Å². The molecule has 2 aromatic carbocycles. The van der Waals surface area contributed by atoms with E-state index in [9.17, 15) is 0 Å². The van der Waals surface area contributed by atoms with Crippen LogP contribution in [0.4, 0.5) is 11.4 Å². The third-order valence-electron chi connectivity index (χ3n) is 2.73. The molecule has 0 aliphatic carbocycles. The summed E-state index contributed by atoms with van der Waals surface area (Å²) in [5, 5.41) is 4.53. The molecular formula is C16H15Cl2N. The fraction of sp³-hybridized carbons (Fsp3) is 0.125. The Morgan fingerprint density at radius 1 is 1.05 bits per heavy atom. The molecule has 0 fully saturated rings. The lowest BCUT2D eigenvalue weighted by molar-refractivity contribution is 1.15. The van der Waals surface area contributed by atoms with Crippen LogP contribution in [0.3, 0.4) is 0 Å². The van der Waals surface area contributed by atoms with E-state index in [-0.39, 0.29) is 0 Å². The Morgan fingerprint density at radius 2 is 1.68 bits per heavy atom. The van der Waals surface area contributed by atoms with Crippen LogP contribution in [0.5, 0.6) is 0 Å². The highest BCUT2D eigenvalue weighted by Crippen LogP contribution is 2.33. The van der Waals surface area contributed by atoms with Gasteiger partial charge in [-0.1, -0.05) is 59.6 Å². The molecule has 0 radical (unpaired) electrons. The topological polar surface area (TPSA) is 12.0 Å². The molecule has 0 aliphatic rings. The molecule has 0 aliphatic heterocycles. The average Bonchev–Trinajstić information content (AvgIpc) is 2.35. The van der Waals surface area contributed by atoms with Crippen molar-refractivity contribution in [3.63, 3.8) is 0 Å². The van der Waals surface area contributed by atoms with Crippen LogP contribution in [0.1, 0.15) is 12.5 Å². The third kappa shape index (κ3) is 3.52. The fourth-order valence-electron chi connectivity index (χ4n) is 1.87. The third-order valence-corrected chi connectivity index (χ3v) is 3.36. The van der Waals surface area contributed by atoms with Gasteiger partial charge in [0, 0.05) is 5.69 Å². The minimum atomic E-state index is 0.609. The summed E-state index contributed by atoms with van der Waals surface area (Å²) in [5.74, 6) is 0. The van der Waals surface area contributed by atoms with Crippen molar-refractivity contribution in [2.75, 3.05) is 5.32 Å². The molecule has 0 spiro atoms. The Labute approximate surface area is 123 Å². The molecule has 1 nitrogen and oxygen atoms in total. The van der Waals surface area contributed by atoms with Crippen LogP contribution in [-0.4, -0.2) is 0 Å². The van der Waals surface area contributed by atoms with Gasteiger partial charge in [-0.2, -0.15) is 0 Å². The number of rotatable bonds is 4. The van der Waals surface area contributed by atoms with Gasteiger partial charge in [0.1, 0.15) is 0 Å². The number of hydrogen-bond donors (Lipinski definition) is 1. The van der Waals surface area contributed by atoms with Gasteiger partial charge in [-0.05, 0) is 37.1 Å². The zero-order valence-electron chi connectivity index (χ0n) is 10.7. The van der Waals surface area contributed by atoms with E-state index in [1.165, 1.54) is 5.56 Å². The van der Waals surface area contributed by atoms with Crippen LogP contribution < -0.4 is 5.32 Å². The van der Waals surface area contributed by atoms with Crippen molar-refractivity contribution in [3.8, 4) is 0 Å². The van der Waals surface area contributed by atoms with Crippen LogP contribution in [0.2, 0.25) is 10.0 Å². The quantitative estimate of drug-likeness (QED) is 0.696. The fourth-order valence-corrected chi connectivity index (χ4v) is 2.37. The molecule has 0 amide bonds. The maximum atomic E-state index is 6.17. The highest BCUT2D eigenvalue weighted by atomic mass is 35.5. The van der Waals surface area contributed by atoms with E-state index < -0.39 is 0 Å². The van der Waals surface area contributed by atoms with Crippen molar-refractivity contribution in [3.05, 3.63) is 70.2 Å². The second-order valence-electron chi connectivity index (χ2n) is 4.51. The summed E-state index contributed by atoms with van der Waals surface area (Å²) in [7, 11) is 0. The first-order valence-electron chi connectivity index (χ1n) is 6.01. The maximum absolute atomic E-state index is 6.17. The summed E-state index contributed by atoms with van der Waals surface area (Å²) in [6.45, 7) is 5.97. The number of anilines is 2. The number of hydrogen-bond acceptors (Lipinski definition) is 1. The molecule has 98 valence electrons. The normalized spacial score (nSPS) is 10.3. The SMILES string of the molecule is C=C(C)Cc1ccccc1Nc1c(Cl)cccc1Cl. The maximum Gasteiger partial charge on any atom is 0.0762 e. The number of benzene rings is 2. The number of allylic oxidation sites excluding steroid dienone is 1. The van der Waals surface area contributed by atoms with Crippen molar-refractivity contribution < 1.29 is 0 Å². The van der Waals surface area contributed by atoms with Gasteiger partial charge >= 0.3 is 0 Å². The van der Waals surface area contributed by atoms with Crippen molar-refractivity contribution in [2.24, 2.45) is 0 Å². The first kappa shape index (κ1) is 14.0. The lowest BCUT2D eigenvalue weighted by Gasteiger charge is -2.14. The summed E-state index contributed by atoms with van der Waals surface area (Å²) in [4.78, 5) is 0. The van der Waals surface area contributed by atoms with E-state index in [1.54, 1.807) is 0 Å². The summed E-state index contributed by atoms with van der Waals surface area (Å²) in [6.07, 6.45) is 0.825. The van der Waals surface area contributed by atoms with Gasteiger partial charge in [-0.25, -0.2) is 0 Å². The molecule has 2 aromatic rings.